The second-order valence-corrected chi connectivity index (χ2v) is 9.94. The van der Waals surface area contributed by atoms with E-state index in [9.17, 15) is 9.59 Å². The van der Waals surface area contributed by atoms with Crippen molar-refractivity contribution in [2.24, 2.45) is 0 Å². The second-order valence-electron chi connectivity index (χ2n) is 9.51. The van der Waals surface area contributed by atoms with Gasteiger partial charge in [-0.25, -0.2) is 0 Å². The molecule has 7 heteroatoms. The molecule has 0 fully saturated rings. The van der Waals surface area contributed by atoms with Gasteiger partial charge in [-0.3, -0.25) is 9.59 Å². The van der Waals surface area contributed by atoms with Gasteiger partial charge >= 0.3 is 0 Å². The van der Waals surface area contributed by atoms with Crippen molar-refractivity contribution in [3.63, 3.8) is 0 Å². The summed E-state index contributed by atoms with van der Waals surface area (Å²) in [4.78, 5) is 26.5. The van der Waals surface area contributed by atoms with Gasteiger partial charge in [0, 0.05) is 10.6 Å². The Morgan fingerprint density at radius 1 is 1.03 bits per heavy atom. The number of amides is 1. The Kier molecular flexibility index (Phi) is 7.09. The van der Waals surface area contributed by atoms with Crippen LogP contribution in [0.5, 0.6) is 11.5 Å². The SMILES string of the molecule is COc1ccccc1NC(=O)[C@H](C)Oc1c(-c2ccc(C(C)(C)C)cc2)oc2ccc(Cl)cc2c1=O. The van der Waals surface area contributed by atoms with E-state index in [4.69, 9.17) is 25.5 Å². The van der Waals surface area contributed by atoms with E-state index in [1.54, 1.807) is 43.3 Å². The Hall–Kier alpha value is -3.77. The number of para-hydroxylation sites is 2. The average molecular weight is 506 g/mol. The first kappa shape index (κ1) is 25.3. The first-order valence-electron chi connectivity index (χ1n) is 11.6. The van der Waals surface area contributed by atoms with Crippen LogP contribution in [0.3, 0.4) is 0 Å². The van der Waals surface area contributed by atoms with Gasteiger partial charge in [-0.15, -0.1) is 0 Å². The van der Waals surface area contributed by atoms with E-state index >= 15 is 0 Å². The summed E-state index contributed by atoms with van der Waals surface area (Å²) in [5.74, 6) is 0.250. The highest BCUT2D eigenvalue weighted by Gasteiger charge is 2.24. The van der Waals surface area contributed by atoms with Crippen LogP contribution in [-0.2, 0) is 10.2 Å². The van der Waals surface area contributed by atoms with Crippen molar-refractivity contribution in [2.75, 3.05) is 12.4 Å². The zero-order valence-electron chi connectivity index (χ0n) is 20.8. The zero-order valence-corrected chi connectivity index (χ0v) is 21.6. The number of methoxy groups -OCH3 is 1. The van der Waals surface area contributed by atoms with Crippen molar-refractivity contribution in [1.82, 2.24) is 0 Å². The molecule has 4 aromatic rings. The molecule has 1 aromatic heterocycles. The van der Waals surface area contributed by atoms with Crippen LogP contribution >= 0.6 is 11.6 Å². The van der Waals surface area contributed by atoms with Crippen LogP contribution in [0.4, 0.5) is 5.69 Å². The highest BCUT2D eigenvalue weighted by Crippen LogP contribution is 2.34. The molecule has 0 aliphatic carbocycles. The molecule has 0 radical (unpaired) electrons. The van der Waals surface area contributed by atoms with E-state index in [1.807, 2.05) is 24.3 Å². The van der Waals surface area contributed by atoms with Crippen molar-refractivity contribution in [3.8, 4) is 22.8 Å². The fraction of sp³-hybridized carbons (Fsp3) is 0.241. The lowest BCUT2D eigenvalue weighted by Gasteiger charge is -2.20. The summed E-state index contributed by atoms with van der Waals surface area (Å²) in [5, 5.41) is 3.45. The highest BCUT2D eigenvalue weighted by molar-refractivity contribution is 6.31. The average Bonchev–Trinajstić information content (AvgIpc) is 2.85. The van der Waals surface area contributed by atoms with Crippen molar-refractivity contribution >= 4 is 34.2 Å². The van der Waals surface area contributed by atoms with Gasteiger partial charge < -0.3 is 19.2 Å². The number of halogens is 1. The minimum atomic E-state index is -1.01. The normalized spacial score (nSPS) is 12.3. The van der Waals surface area contributed by atoms with Gasteiger partial charge in [0.1, 0.15) is 11.3 Å². The molecule has 1 N–H and O–H groups in total. The van der Waals surface area contributed by atoms with Crippen LogP contribution in [0.25, 0.3) is 22.3 Å². The number of hydrogen-bond acceptors (Lipinski definition) is 5. The Labute approximate surface area is 214 Å². The van der Waals surface area contributed by atoms with Crippen LogP contribution in [0.15, 0.2) is 75.9 Å². The molecule has 0 aliphatic rings. The third kappa shape index (κ3) is 5.24. The summed E-state index contributed by atoms with van der Waals surface area (Å²) < 4.78 is 17.4. The highest BCUT2D eigenvalue weighted by atomic mass is 35.5. The summed E-state index contributed by atoms with van der Waals surface area (Å²) in [6, 6.07) is 19.6. The van der Waals surface area contributed by atoms with E-state index in [-0.39, 0.29) is 22.3 Å². The Bertz CT molecular complexity index is 1470. The van der Waals surface area contributed by atoms with Crippen LogP contribution in [0.2, 0.25) is 5.02 Å². The van der Waals surface area contributed by atoms with Crippen LogP contribution in [0, 0.1) is 0 Å². The topological polar surface area (TPSA) is 77.8 Å². The molecule has 0 saturated carbocycles. The maximum atomic E-state index is 13.5. The van der Waals surface area contributed by atoms with E-state index in [0.717, 1.165) is 5.56 Å². The molecule has 0 spiro atoms. The standard InChI is InChI=1S/C29H28ClNO5/c1-17(28(33)31-22-8-6-7-9-24(22)34-5)35-27-25(32)21-16-20(30)14-15-23(21)36-26(27)18-10-12-19(13-11-18)29(2,3)4/h6-17H,1-5H3,(H,31,33)/t17-/m0/s1. The van der Waals surface area contributed by atoms with Crippen molar-refractivity contribution < 1.29 is 18.7 Å². The summed E-state index contributed by atoms with van der Waals surface area (Å²) in [7, 11) is 1.52. The predicted octanol–water partition coefficient (Wildman–Crippen LogP) is 6.83. The number of carbonyl (C=O) groups is 1. The van der Waals surface area contributed by atoms with Gasteiger partial charge in [-0.05, 0) is 48.2 Å². The third-order valence-electron chi connectivity index (χ3n) is 5.85. The first-order chi connectivity index (χ1) is 17.1. The van der Waals surface area contributed by atoms with Gasteiger partial charge in [0.25, 0.3) is 5.91 Å². The number of nitrogens with one attached hydrogen (secondary N) is 1. The maximum Gasteiger partial charge on any atom is 0.265 e. The number of benzene rings is 3. The number of fused-ring (bicyclic) bond motifs is 1. The van der Waals surface area contributed by atoms with E-state index in [1.165, 1.54) is 13.2 Å². The van der Waals surface area contributed by atoms with Crippen LogP contribution in [0.1, 0.15) is 33.3 Å². The number of carbonyl (C=O) groups excluding carboxylic acids is 1. The molecule has 0 unspecified atom stereocenters. The molecule has 0 saturated heterocycles. The molecule has 186 valence electrons. The summed E-state index contributed by atoms with van der Waals surface area (Å²) in [5.41, 5.74) is 2.21. The van der Waals surface area contributed by atoms with Crippen molar-refractivity contribution in [1.29, 1.82) is 0 Å². The first-order valence-corrected chi connectivity index (χ1v) is 11.9. The van der Waals surface area contributed by atoms with E-state index in [0.29, 0.717) is 27.6 Å². The number of ether oxygens (including phenoxy) is 2. The molecule has 3 aromatic carbocycles. The Morgan fingerprint density at radius 3 is 2.39 bits per heavy atom. The molecule has 1 amide bonds. The van der Waals surface area contributed by atoms with E-state index < -0.39 is 17.4 Å². The lowest BCUT2D eigenvalue weighted by molar-refractivity contribution is -0.122. The fourth-order valence-electron chi connectivity index (χ4n) is 3.78. The monoisotopic (exact) mass is 505 g/mol. The maximum absolute atomic E-state index is 13.5. The second kappa shape index (κ2) is 10.1. The molecule has 6 nitrogen and oxygen atoms in total. The zero-order chi connectivity index (χ0) is 26.0. The van der Waals surface area contributed by atoms with Crippen molar-refractivity contribution in [3.05, 3.63) is 87.5 Å². The lowest BCUT2D eigenvalue weighted by atomic mass is 9.86. The molecular formula is C29H28ClNO5. The van der Waals surface area contributed by atoms with Gasteiger partial charge in [0.05, 0.1) is 18.2 Å². The summed E-state index contributed by atoms with van der Waals surface area (Å²) in [6.07, 6.45) is -1.01. The van der Waals surface area contributed by atoms with Crippen LogP contribution in [-0.4, -0.2) is 19.1 Å². The quantitative estimate of drug-likeness (QED) is 0.311. The van der Waals surface area contributed by atoms with Gasteiger partial charge in [-0.1, -0.05) is 68.8 Å². The minimum absolute atomic E-state index is 0.0378. The minimum Gasteiger partial charge on any atom is -0.495 e. The predicted molar refractivity (Wildman–Crippen MR) is 143 cm³/mol. The molecule has 0 bridgehead atoms. The van der Waals surface area contributed by atoms with Crippen LogP contribution < -0.4 is 20.2 Å². The summed E-state index contributed by atoms with van der Waals surface area (Å²) >= 11 is 6.14. The van der Waals surface area contributed by atoms with Gasteiger partial charge in [0.2, 0.25) is 11.2 Å². The molecule has 1 atom stereocenters. The summed E-state index contributed by atoms with van der Waals surface area (Å²) in [6.45, 7) is 7.94. The molecule has 0 aliphatic heterocycles. The Balaban J connectivity index is 1.75. The molecule has 36 heavy (non-hydrogen) atoms. The van der Waals surface area contributed by atoms with E-state index in [2.05, 4.69) is 26.1 Å². The van der Waals surface area contributed by atoms with Crippen molar-refractivity contribution in [2.45, 2.75) is 39.2 Å². The third-order valence-corrected chi connectivity index (χ3v) is 6.09. The lowest BCUT2D eigenvalue weighted by Crippen LogP contribution is -2.32. The molecule has 4 rings (SSSR count). The fourth-order valence-corrected chi connectivity index (χ4v) is 3.95. The van der Waals surface area contributed by atoms with Gasteiger partial charge in [0.15, 0.2) is 11.9 Å². The smallest absolute Gasteiger partial charge is 0.265 e. The Morgan fingerprint density at radius 2 is 1.72 bits per heavy atom. The molecule has 1 heterocycles. The number of rotatable bonds is 6. The molecular weight excluding hydrogens is 478 g/mol. The van der Waals surface area contributed by atoms with Gasteiger partial charge in [-0.2, -0.15) is 0 Å². The number of hydrogen-bond donors (Lipinski definition) is 1. The number of anilines is 1. The largest absolute Gasteiger partial charge is 0.495 e.